The van der Waals surface area contributed by atoms with Crippen molar-refractivity contribution in [3.63, 3.8) is 0 Å². The largest absolute Gasteiger partial charge is 0.315 e. The minimum Gasteiger partial charge on any atom is -0.315 e. The maximum absolute atomic E-state index is 4.16. The van der Waals surface area contributed by atoms with Crippen molar-refractivity contribution >= 4 is 10.8 Å². The number of hydrogen-bond donors (Lipinski definition) is 1. The molecule has 0 bridgehead atoms. The Hall–Kier alpha value is -1.45. The molecule has 100 valence electrons. The predicted molar refractivity (Wildman–Crippen MR) is 79.1 cm³/mol. The van der Waals surface area contributed by atoms with Gasteiger partial charge in [-0.1, -0.05) is 12.1 Å². The van der Waals surface area contributed by atoms with E-state index in [1.165, 1.54) is 29.3 Å². The van der Waals surface area contributed by atoms with Gasteiger partial charge in [0.15, 0.2) is 0 Å². The van der Waals surface area contributed by atoms with Gasteiger partial charge in [0.1, 0.15) is 0 Å². The van der Waals surface area contributed by atoms with Crippen LogP contribution >= 0.6 is 0 Å². The maximum atomic E-state index is 4.16. The van der Waals surface area contributed by atoms with Crippen molar-refractivity contribution in [1.29, 1.82) is 0 Å². The third-order valence-electron chi connectivity index (χ3n) is 3.95. The van der Waals surface area contributed by atoms with Crippen molar-refractivity contribution in [2.24, 2.45) is 0 Å². The summed E-state index contributed by atoms with van der Waals surface area (Å²) in [5.41, 5.74) is 1.40. The van der Waals surface area contributed by atoms with E-state index < -0.39 is 0 Å². The molecule has 3 rings (SSSR count). The van der Waals surface area contributed by atoms with E-state index in [4.69, 9.17) is 0 Å². The number of nitrogens with one attached hydrogen (secondary N) is 1. The molecule has 0 radical (unpaired) electrons. The first-order valence-corrected chi connectivity index (χ1v) is 7.10. The van der Waals surface area contributed by atoms with Gasteiger partial charge in [-0.05, 0) is 43.0 Å². The number of hydrogen-bond acceptors (Lipinski definition) is 3. The maximum Gasteiger partial charge on any atom is 0.0346 e. The number of aromatic nitrogens is 1. The van der Waals surface area contributed by atoms with Crippen molar-refractivity contribution in [2.75, 3.05) is 19.6 Å². The first kappa shape index (κ1) is 12.6. The van der Waals surface area contributed by atoms with E-state index in [0.717, 1.165) is 19.6 Å². The van der Waals surface area contributed by atoms with Crippen LogP contribution in [-0.2, 0) is 6.54 Å². The van der Waals surface area contributed by atoms with E-state index >= 15 is 0 Å². The Labute approximate surface area is 114 Å². The fourth-order valence-corrected chi connectivity index (χ4v) is 2.77. The molecule has 1 aromatic heterocycles. The first-order valence-electron chi connectivity index (χ1n) is 7.10. The highest BCUT2D eigenvalue weighted by Gasteiger charge is 2.16. The average Bonchev–Trinajstić information content (AvgIpc) is 2.64. The van der Waals surface area contributed by atoms with Gasteiger partial charge < -0.3 is 5.32 Å². The molecule has 0 unspecified atom stereocenters. The summed E-state index contributed by atoms with van der Waals surface area (Å²) in [6.45, 7) is 6.77. The van der Waals surface area contributed by atoms with Crippen molar-refractivity contribution in [3.8, 4) is 0 Å². The van der Waals surface area contributed by atoms with Crippen molar-refractivity contribution in [2.45, 2.75) is 25.9 Å². The lowest BCUT2D eigenvalue weighted by Gasteiger charge is -2.26. The number of rotatable bonds is 2. The fraction of sp³-hybridized carbons (Fsp3) is 0.438. The molecule has 1 aliphatic rings. The summed E-state index contributed by atoms with van der Waals surface area (Å²) in [6, 6.07) is 9.40. The summed E-state index contributed by atoms with van der Waals surface area (Å²) in [5.74, 6) is 0. The van der Waals surface area contributed by atoms with E-state index in [2.05, 4.69) is 46.4 Å². The zero-order valence-electron chi connectivity index (χ0n) is 11.5. The standard InChI is InChI=1S/C16H21N3/c1-13-10-17-6-2-8-19(13)12-14-3-4-16-11-18-7-5-15(16)9-14/h3-5,7,9,11,13,17H,2,6,8,10,12H2,1H3/t13-/m0/s1. The Morgan fingerprint density at radius 3 is 3.21 bits per heavy atom. The van der Waals surface area contributed by atoms with Gasteiger partial charge >= 0.3 is 0 Å². The molecule has 0 spiro atoms. The minimum absolute atomic E-state index is 0.607. The molecule has 2 aromatic rings. The Morgan fingerprint density at radius 2 is 2.26 bits per heavy atom. The van der Waals surface area contributed by atoms with Crippen LogP contribution in [-0.4, -0.2) is 35.6 Å². The molecule has 3 nitrogen and oxygen atoms in total. The average molecular weight is 255 g/mol. The number of nitrogens with zero attached hydrogens (tertiary/aromatic N) is 2. The molecule has 1 atom stereocenters. The van der Waals surface area contributed by atoms with Gasteiger partial charge in [0.05, 0.1) is 0 Å². The third-order valence-corrected chi connectivity index (χ3v) is 3.95. The van der Waals surface area contributed by atoms with Gasteiger partial charge in [0.2, 0.25) is 0 Å². The van der Waals surface area contributed by atoms with Gasteiger partial charge in [-0.2, -0.15) is 0 Å². The van der Waals surface area contributed by atoms with Crippen LogP contribution in [0.1, 0.15) is 18.9 Å². The molecular formula is C16H21N3. The van der Waals surface area contributed by atoms with Gasteiger partial charge in [-0.25, -0.2) is 0 Å². The van der Waals surface area contributed by atoms with E-state index in [9.17, 15) is 0 Å². The summed E-state index contributed by atoms with van der Waals surface area (Å²) in [7, 11) is 0. The Morgan fingerprint density at radius 1 is 1.32 bits per heavy atom. The lowest BCUT2D eigenvalue weighted by atomic mass is 10.1. The SMILES string of the molecule is C[C@H]1CNCCCN1Cc1ccc2cnccc2c1. The summed E-state index contributed by atoms with van der Waals surface area (Å²) < 4.78 is 0. The second-order valence-corrected chi connectivity index (χ2v) is 5.43. The van der Waals surface area contributed by atoms with Crippen LogP contribution in [0.2, 0.25) is 0 Å². The minimum atomic E-state index is 0.607. The molecular weight excluding hydrogens is 234 g/mol. The topological polar surface area (TPSA) is 28.2 Å². The lowest BCUT2D eigenvalue weighted by Crippen LogP contribution is -2.36. The predicted octanol–water partition coefficient (Wildman–Crippen LogP) is 2.42. The van der Waals surface area contributed by atoms with Crippen molar-refractivity contribution in [1.82, 2.24) is 15.2 Å². The van der Waals surface area contributed by atoms with E-state index in [0.29, 0.717) is 6.04 Å². The molecule has 3 heteroatoms. The van der Waals surface area contributed by atoms with Crippen LogP contribution in [0.15, 0.2) is 36.7 Å². The summed E-state index contributed by atoms with van der Waals surface area (Å²) in [5, 5.41) is 6.00. The van der Waals surface area contributed by atoms with E-state index in [1.54, 1.807) is 0 Å². The summed E-state index contributed by atoms with van der Waals surface area (Å²) >= 11 is 0. The number of pyridine rings is 1. The molecule has 1 aromatic carbocycles. The highest BCUT2D eigenvalue weighted by Crippen LogP contribution is 2.17. The second-order valence-electron chi connectivity index (χ2n) is 5.43. The zero-order valence-corrected chi connectivity index (χ0v) is 11.5. The first-order chi connectivity index (χ1) is 9.33. The van der Waals surface area contributed by atoms with Gasteiger partial charge in [-0.15, -0.1) is 0 Å². The number of benzene rings is 1. The Balaban J connectivity index is 1.80. The Bertz CT molecular complexity index is 552. The van der Waals surface area contributed by atoms with Gasteiger partial charge in [0, 0.05) is 43.5 Å². The normalized spacial score (nSPS) is 21.4. The molecule has 19 heavy (non-hydrogen) atoms. The van der Waals surface area contributed by atoms with Crippen LogP contribution in [0.25, 0.3) is 10.8 Å². The monoisotopic (exact) mass is 255 g/mol. The van der Waals surface area contributed by atoms with Crippen LogP contribution in [0.3, 0.4) is 0 Å². The van der Waals surface area contributed by atoms with E-state index in [-0.39, 0.29) is 0 Å². The fourth-order valence-electron chi connectivity index (χ4n) is 2.77. The molecule has 1 aliphatic heterocycles. The second kappa shape index (κ2) is 5.68. The van der Waals surface area contributed by atoms with Crippen LogP contribution in [0.4, 0.5) is 0 Å². The number of fused-ring (bicyclic) bond motifs is 1. The van der Waals surface area contributed by atoms with Crippen molar-refractivity contribution in [3.05, 3.63) is 42.2 Å². The Kier molecular flexibility index (Phi) is 3.76. The molecule has 0 amide bonds. The smallest absolute Gasteiger partial charge is 0.0346 e. The van der Waals surface area contributed by atoms with Crippen LogP contribution < -0.4 is 5.32 Å². The third kappa shape index (κ3) is 2.94. The highest BCUT2D eigenvalue weighted by atomic mass is 15.2. The van der Waals surface area contributed by atoms with Crippen molar-refractivity contribution < 1.29 is 0 Å². The zero-order chi connectivity index (χ0) is 13.1. The summed E-state index contributed by atoms with van der Waals surface area (Å²) in [4.78, 5) is 6.74. The molecule has 1 saturated heterocycles. The van der Waals surface area contributed by atoms with Crippen LogP contribution in [0.5, 0.6) is 0 Å². The van der Waals surface area contributed by atoms with Gasteiger partial charge in [-0.3, -0.25) is 9.88 Å². The lowest BCUT2D eigenvalue weighted by molar-refractivity contribution is 0.214. The molecule has 1 fully saturated rings. The molecule has 0 saturated carbocycles. The molecule has 2 heterocycles. The molecule has 1 N–H and O–H groups in total. The van der Waals surface area contributed by atoms with Gasteiger partial charge in [0.25, 0.3) is 0 Å². The quantitative estimate of drug-likeness (QED) is 0.893. The highest BCUT2D eigenvalue weighted by molar-refractivity contribution is 5.81. The van der Waals surface area contributed by atoms with Crippen LogP contribution in [0, 0.1) is 0 Å². The molecule has 0 aliphatic carbocycles. The van der Waals surface area contributed by atoms with E-state index in [1.807, 2.05) is 12.4 Å². The summed E-state index contributed by atoms with van der Waals surface area (Å²) in [6.07, 6.45) is 5.03.